The number of anilines is 1. The zero-order valence-corrected chi connectivity index (χ0v) is 19.3. The zero-order chi connectivity index (χ0) is 25.3. The van der Waals surface area contributed by atoms with Gasteiger partial charge in [0, 0.05) is 31.9 Å². The molecule has 0 unspecified atom stereocenters. The third-order valence-electron chi connectivity index (χ3n) is 5.72. The number of nitrogens with one attached hydrogen (secondary N) is 1. The molecule has 8 nitrogen and oxygen atoms in total. The van der Waals surface area contributed by atoms with E-state index in [0.717, 1.165) is 6.20 Å². The summed E-state index contributed by atoms with van der Waals surface area (Å²) in [6.45, 7) is 4.12. The third kappa shape index (κ3) is 5.42. The highest BCUT2D eigenvalue weighted by molar-refractivity contribution is 5.99. The van der Waals surface area contributed by atoms with Crippen molar-refractivity contribution < 1.29 is 27.1 Å². The number of halogens is 4. The molecule has 3 atom stereocenters. The number of hydrogen-bond acceptors (Lipinski definition) is 6. The minimum absolute atomic E-state index is 0.140. The van der Waals surface area contributed by atoms with Gasteiger partial charge in [-0.05, 0) is 31.5 Å². The van der Waals surface area contributed by atoms with Gasteiger partial charge in [-0.3, -0.25) is 9.48 Å². The Morgan fingerprint density at radius 2 is 1.89 bits per heavy atom. The fraction of sp³-hybridized carbons (Fsp3) is 0.391. The van der Waals surface area contributed by atoms with E-state index in [0.29, 0.717) is 17.3 Å². The molecule has 1 fully saturated rings. The number of aryl methyl sites for hydroxylation is 1. The minimum atomic E-state index is -4.58. The second kappa shape index (κ2) is 9.61. The number of carbonyl (C=O) groups excluding carboxylic acids is 1. The summed E-state index contributed by atoms with van der Waals surface area (Å²) in [5.74, 6) is -0.586. The van der Waals surface area contributed by atoms with Gasteiger partial charge in [0.05, 0.1) is 30.6 Å². The van der Waals surface area contributed by atoms with Gasteiger partial charge in [0.15, 0.2) is 11.4 Å². The number of amides is 1. The lowest BCUT2D eigenvalue weighted by atomic mass is 10.0. The zero-order valence-electron chi connectivity index (χ0n) is 19.3. The molecule has 0 radical (unpaired) electrons. The average molecular weight is 492 g/mol. The largest absolute Gasteiger partial charge is 0.434 e. The maximum absolute atomic E-state index is 13.7. The van der Waals surface area contributed by atoms with Crippen LogP contribution in [0.1, 0.15) is 30.0 Å². The number of benzene rings is 1. The fourth-order valence-electron chi connectivity index (χ4n) is 4.07. The van der Waals surface area contributed by atoms with Crippen LogP contribution >= 0.6 is 0 Å². The van der Waals surface area contributed by atoms with Gasteiger partial charge in [-0.25, -0.2) is 14.4 Å². The Balaban J connectivity index is 1.57. The number of alkyl halides is 3. The Morgan fingerprint density at radius 1 is 1.17 bits per heavy atom. The molecular weight excluding hydrogens is 468 g/mol. The monoisotopic (exact) mass is 492 g/mol. The quantitative estimate of drug-likeness (QED) is 0.546. The first kappa shape index (κ1) is 24.6. The van der Waals surface area contributed by atoms with Crippen molar-refractivity contribution in [3.05, 3.63) is 60.1 Å². The summed E-state index contributed by atoms with van der Waals surface area (Å²) in [6, 6.07) is 5.32. The van der Waals surface area contributed by atoms with Crippen molar-refractivity contribution in [3.8, 4) is 11.1 Å². The molecule has 186 valence electrons. The van der Waals surface area contributed by atoms with E-state index in [2.05, 4.69) is 20.4 Å². The van der Waals surface area contributed by atoms with Gasteiger partial charge in [0.1, 0.15) is 11.6 Å². The highest BCUT2D eigenvalue weighted by atomic mass is 19.4. The minimum Gasteiger partial charge on any atom is -0.372 e. The van der Waals surface area contributed by atoms with Crippen molar-refractivity contribution in [1.29, 1.82) is 0 Å². The van der Waals surface area contributed by atoms with Crippen molar-refractivity contribution in [2.75, 3.05) is 18.4 Å². The van der Waals surface area contributed by atoms with Gasteiger partial charge in [0.2, 0.25) is 0 Å². The van der Waals surface area contributed by atoms with Crippen LogP contribution in [-0.2, 0) is 18.0 Å². The number of rotatable bonds is 5. The molecule has 4 rings (SSSR count). The first-order valence-electron chi connectivity index (χ1n) is 10.9. The topological polar surface area (TPSA) is 85.2 Å². The molecule has 3 heterocycles. The third-order valence-corrected chi connectivity index (χ3v) is 5.72. The van der Waals surface area contributed by atoms with E-state index in [1.807, 2.05) is 13.8 Å². The van der Waals surface area contributed by atoms with Crippen LogP contribution in [0.2, 0.25) is 0 Å². The lowest BCUT2D eigenvalue weighted by molar-refractivity contribution is -0.141. The maximum atomic E-state index is 13.7. The van der Waals surface area contributed by atoms with E-state index < -0.39 is 17.9 Å². The highest BCUT2D eigenvalue weighted by Gasteiger charge is 2.38. The summed E-state index contributed by atoms with van der Waals surface area (Å²) in [6.07, 6.45) is -1.86. The number of ether oxygens (including phenoxy) is 1. The summed E-state index contributed by atoms with van der Waals surface area (Å²) in [7, 11) is 1.69. The van der Waals surface area contributed by atoms with Crippen LogP contribution in [-0.4, -0.2) is 61.9 Å². The smallest absolute Gasteiger partial charge is 0.372 e. The summed E-state index contributed by atoms with van der Waals surface area (Å²) in [4.78, 5) is 22.5. The van der Waals surface area contributed by atoms with E-state index in [4.69, 9.17) is 4.74 Å². The summed E-state index contributed by atoms with van der Waals surface area (Å²) in [5.41, 5.74) is 0.322. The Hall–Kier alpha value is -3.54. The molecule has 12 heteroatoms. The molecule has 0 bridgehead atoms. The second-order valence-corrected chi connectivity index (χ2v) is 8.41. The van der Waals surface area contributed by atoms with Crippen LogP contribution in [0.15, 0.2) is 42.9 Å². The van der Waals surface area contributed by atoms with E-state index >= 15 is 0 Å². The first-order valence-corrected chi connectivity index (χ1v) is 10.9. The van der Waals surface area contributed by atoms with Crippen LogP contribution in [0.5, 0.6) is 0 Å². The van der Waals surface area contributed by atoms with Gasteiger partial charge in [0.25, 0.3) is 5.91 Å². The van der Waals surface area contributed by atoms with Gasteiger partial charge in [-0.2, -0.15) is 18.3 Å². The van der Waals surface area contributed by atoms with Gasteiger partial charge < -0.3 is 15.0 Å². The van der Waals surface area contributed by atoms with Crippen LogP contribution in [0.4, 0.5) is 23.4 Å². The lowest BCUT2D eigenvalue weighted by Gasteiger charge is -2.42. The fourth-order valence-corrected chi connectivity index (χ4v) is 4.07. The molecule has 0 saturated carbocycles. The highest BCUT2D eigenvalue weighted by Crippen LogP contribution is 2.29. The normalized spacial score (nSPS) is 20.7. The molecule has 1 aliphatic rings. The van der Waals surface area contributed by atoms with Crippen LogP contribution in [0, 0.1) is 5.82 Å². The summed E-state index contributed by atoms with van der Waals surface area (Å²) >= 11 is 0. The Labute approximate surface area is 198 Å². The first-order chi connectivity index (χ1) is 16.5. The van der Waals surface area contributed by atoms with E-state index in [1.165, 1.54) is 16.8 Å². The van der Waals surface area contributed by atoms with Crippen molar-refractivity contribution in [2.45, 2.75) is 38.3 Å². The number of carbonyl (C=O) groups is 1. The molecule has 2 aromatic heterocycles. The molecular formula is C23H24F4N6O2. The molecule has 1 aliphatic heterocycles. The predicted octanol–water partition coefficient (Wildman–Crippen LogP) is 3.77. The van der Waals surface area contributed by atoms with E-state index in [9.17, 15) is 22.4 Å². The van der Waals surface area contributed by atoms with Crippen molar-refractivity contribution >= 4 is 11.7 Å². The molecule has 1 aromatic carbocycles. The van der Waals surface area contributed by atoms with Crippen LogP contribution < -0.4 is 5.32 Å². The molecule has 35 heavy (non-hydrogen) atoms. The summed E-state index contributed by atoms with van der Waals surface area (Å²) < 4.78 is 59.1. The standard InChI is InChI=1S/C23H24F4N6O2/c1-13-11-33(22(34)21-17(12-32(3)31-21)15-4-6-16(24)7-5-15)18(14(2)35-13)8-29-20-10-28-19(9-30-20)23(25,26)27/h4-7,9-10,12-14,18H,8,11H2,1-3H3,(H,29,30)/t13-,14+,18-/m1/s1. The SMILES string of the molecule is C[C@@H]1CN(C(=O)c2nn(C)cc2-c2ccc(F)cc2)[C@H](CNc2cnc(C(F)(F)F)cn2)[C@H](C)O1. The van der Waals surface area contributed by atoms with Crippen LogP contribution in [0.3, 0.4) is 0 Å². The summed E-state index contributed by atoms with van der Waals surface area (Å²) in [5, 5.41) is 7.31. The van der Waals surface area contributed by atoms with Crippen molar-refractivity contribution in [3.63, 3.8) is 0 Å². The van der Waals surface area contributed by atoms with Crippen molar-refractivity contribution in [2.24, 2.45) is 7.05 Å². The Morgan fingerprint density at radius 3 is 2.51 bits per heavy atom. The van der Waals surface area contributed by atoms with E-state index in [1.54, 1.807) is 30.3 Å². The number of nitrogens with zero attached hydrogens (tertiary/aromatic N) is 5. The van der Waals surface area contributed by atoms with Crippen molar-refractivity contribution in [1.82, 2.24) is 24.6 Å². The molecule has 1 saturated heterocycles. The molecule has 1 N–H and O–H groups in total. The van der Waals surface area contributed by atoms with Gasteiger partial charge in [-0.1, -0.05) is 12.1 Å². The Kier molecular flexibility index (Phi) is 6.75. The maximum Gasteiger partial charge on any atom is 0.434 e. The molecule has 0 aliphatic carbocycles. The lowest BCUT2D eigenvalue weighted by Crippen LogP contribution is -2.58. The second-order valence-electron chi connectivity index (χ2n) is 8.41. The Bertz CT molecular complexity index is 1180. The average Bonchev–Trinajstić information content (AvgIpc) is 3.19. The number of morpholine rings is 1. The van der Waals surface area contributed by atoms with E-state index in [-0.39, 0.29) is 48.5 Å². The molecule has 1 amide bonds. The predicted molar refractivity (Wildman–Crippen MR) is 119 cm³/mol. The van der Waals surface area contributed by atoms with Crippen LogP contribution in [0.25, 0.3) is 11.1 Å². The number of aromatic nitrogens is 4. The number of hydrogen-bond donors (Lipinski definition) is 1. The molecule has 0 spiro atoms. The van der Waals surface area contributed by atoms with Gasteiger partial charge >= 0.3 is 6.18 Å². The van der Waals surface area contributed by atoms with Gasteiger partial charge in [-0.15, -0.1) is 0 Å². The molecule has 3 aromatic rings.